The molecule has 0 atom stereocenters. The minimum atomic E-state index is -0.0423. The maximum absolute atomic E-state index is 12.1. The number of nitrogens with zero attached hydrogens (tertiary/aromatic N) is 2. The Morgan fingerprint density at radius 3 is 2.87 bits per heavy atom. The van der Waals surface area contributed by atoms with E-state index >= 15 is 0 Å². The summed E-state index contributed by atoms with van der Waals surface area (Å²) in [5.74, 6) is 0. The highest BCUT2D eigenvalue weighted by Crippen LogP contribution is 2.17. The van der Waals surface area contributed by atoms with E-state index in [0.29, 0.717) is 11.0 Å². The summed E-state index contributed by atoms with van der Waals surface area (Å²) in [5, 5.41) is 2.63. The van der Waals surface area contributed by atoms with Crippen LogP contribution in [0.1, 0.15) is 0 Å². The van der Waals surface area contributed by atoms with E-state index < -0.39 is 0 Å². The Labute approximate surface area is 89.0 Å². The van der Waals surface area contributed by atoms with Gasteiger partial charge in [0, 0.05) is 22.5 Å². The molecule has 2 heterocycles. The molecule has 72 valence electrons. The predicted octanol–water partition coefficient (Wildman–Crippen LogP) is 2.20. The van der Waals surface area contributed by atoms with Crippen molar-refractivity contribution in [3.8, 4) is 0 Å². The highest BCUT2D eigenvalue weighted by Gasteiger charge is 2.03. The van der Waals surface area contributed by atoms with Crippen LogP contribution in [0.2, 0.25) is 0 Å². The van der Waals surface area contributed by atoms with E-state index in [1.54, 1.807) is 23.7 Å². The summed E-state index contributed by atoms with van der Waals surface area (Å²) in [6.45, 7) is 0. The van der Waals surface area contributed by atoms with Gasteiger partial charge in [-0.15, -0.1) is 11.3 Å². The van der Waals surface area contributed by atoms with E-state index in [-0.39, 0.29) is 5.43 Å². The third-order valence-corrected chi connectivity index (χ3v) is 3.16. The minimum absolute atomic E-state index is 0.0423. The van der Waals surface area contributed by atoms with Crippen molar-refractivity contribution in [1.29, 1.82) is 0 Å². The van der Waals surface area contributed by atoms with E-state index in [9.17, 15) is 4.79 Å². The minimum Gasteiger partial charge on any atom is -0.287 e. The molecular formula is C11H6N2OS. The van der Waals surface area contributed by atoms with Crippen molar-refractivity contribution in [2.24, 2.45) is 0 Å². The van der Waals surface area contributed by atoms with E-state index in [0.717, 1.165) is 10.1 Å². The highest BCUT2D eigenvalue weighted by atomic mass is 32.1. The molecule has 0 aliphatic heterocycles. The Bertz CT molecular complexity index is 705. The maximum atomic E-state index is 12.1. The molecule has 3 rings (SSSR count). The Morgan fingerprint density at radius 1 is 1.07 bits per heavy atom. The first-order chi connectivity index (χ1) is 7.36. The maximum Gasteiger partial charge on any atom is 0.215 e. The van der Waals surface area contributed by atoms with Crippen LogP contribution in [0.3, 0.4) is 0 Å². The number of fused-ring (bicyclic) bond motifs is 2. The van der Waals surface area contributed by atoms with Gasteiger partial charge in [0.2, 0.25) is 5.43 Å². The summed E-state index contributed by atoms with van der Waals surface area (Å²) >= 11 is 1.55. The van der Waals surface area contributed by atoms with Gasteiger partial charge in [-0.1, -0.05) is 0 Å². The van der Waals surface area contributed by atoms with Crippen molar-refractivity contribution in [2.45, 2.75) is 0 Å². The molecule has 0 unspecified atom stereocenters. The van der Waals surface area contributed by atoms with Crippen LogP contribution in [0.4, 0.5) is 0 Å². The van der Waals surface area contributed by atoms with Gasteiger partial charge in [0.1, 0.15) is 5.52 Å². The van der Waals surface area contributed by atoms with E-state index in [1.807, 2.05) is 23.6 Å². The van der Waals surface area contributed by atoms with Crippen molar-refractivity contribution in [2.75, 3.05) is 0 Å². The molecule has 0 aliphatic carbocycles. The van der Waals surface area contributed by atoms with Crippen LogP contribution in [0, 0.1) is 0 Å². The second-order valence-electron chi connectivity index (χ2n) is 3.15. The van der Waals surface area contributed by atoms with E-state index in [4.69, 9.17) is 0 Å². The van der Waals surface area contributed by atoms with Gasteiger partial charge in [0.25, 0.3) is 0 Å². The number of hydrogen-bond acceptors (Lipinski definition) is 4. The lowest BCUT2D eigenvalue weighted by Gasteiger charge is -1.86. The predicted molar refractivity (Wildman–Crippen MR) is 61.2 cm³/mol. The molecule has 3 aromatic rings. The fourth-order valence-electron chi connectivity index (χ4n) is 1.57. The lowest BCUT2D eigenvalue weighted by Crippen LogP contribution is -1.99. The van der Waals surface area contributed by atoms with Crippen LogP contribution in [-0.4, -0.2) is 9.97 Å². The number of aromatic nitrogens is 2. The molecule has 0 saturated carbocycles. The number of hydrogen-bond donors (Lipinski definition) is 0. The Kier molecular flexibility index (Phi) is 1.76. The van der Waals surface area contributed by atoms with Gasteiger partial charge >= 0.3 is 0 Å². The lowest BCUT2D eigenvalue weighted by atomic mass is 10.3. The molecule has 0 bridgehead atoms. The fraction of sp³-hybridized carbons (Fsp3) is 0. The second kappa shape index (κ2) is 3.10. The molecule has 0 radical (unpaired) electrons. The molecule has 1 aromatic carbocycles. The molecule has 3 nitrogen and oxygen atoms in total. The molecule has 0 amide bonds. The fourth-order valence-corrected chi connectivity index (χ4v) is 2.35. The molecule has 0 fully saturated rings. The van der Waals surface area contributed by atoms with Gasteiger partial charge in [-0.3, -0.25) is 9.78 Å². The summed E-state index contributed by atoms with van der Waals surface area (Å²) in [4.78, 5) is 20.3. The van der Waals surface area contributed by atoms with Gasteiger partial charge in [0.05, 0.1) is 5.52 Å². The molecule has 0 spiro atoms. The average molecular weight is 214 g/mol. The largest absolute Gasteiger partial charge is 0.287 e. The van der Waals surface area contributed by atoms with Gasteiger partial charge < -0.3 is 0 Å². The van der Waals surface area contributed by atoms with Crippen LogP contribution in [0.15, 0.2) is 40.8 Å². The zero-order valence-electron chi connectivity index (χ0n) is 7.68. The van der Waals surface area contributed by atoms with Crippen molar-refractivity contribution >= 4 is 32.5 Å². The lowest BCUT2D eigenvalue weighted by molar-refractivity contribution is 1.29. The van der Waals surface area contributed by atoms with Crippen molar-refractivity contribution in [1.82, 2.24) is 9.97 Å². The second-order valence-corrected chi connectivity index (χ2v) is 4.10. The average Bonchev–Trinajstić information content (AvgIpc) is 2.69. The Balaban J connectivity index is 2.71. The van der Waals surface area contributed by atoms with Crippen LogP contribution in [0.5, 0.6) is 0 Å². The summed E-state index contributed by atoms with van der Waals surface area (Å²) in [6, 6.07) is 5.58. The third-order valence-electron chi connectivity index (χ3n) is 2.27. The van der Waals surface area contributed by atoms with Gasteiger partial charge in [-0.2, -0.15) is 0 Å². The first-order valence-electron chi connectivity index (χ1n) is 4.47. The SMILES string of the molecule is O=c1c2ccsc2ccc2nccnc12. The summed E-state index contributed by atoms with van der Waals surface area (Å²) in [5.41, 5.74) is 1.04. The third kappa shape index (κ3) is 1.22. The Hall–Kier alpha value is -1.81. The first-order valence-corrected chi connectivity index (χ1v) is 5.35. The number of thiophene rings is 1. The summed E-state index contributed by atoms with van der Waals surface area (Å²) in [7, 11) is 0. The van der Waals surface area contributed by atoms with Gasteiger partial charge in [-0.05, 0) is 23.6 Å². The van der Waals surface area contributed by atoms with E-state index in [2.05, 4.69) is 9.97 Å². The number of rotatable bonds is 0. The molecular weight excluding hydrogens is 208 g/mol. The van der Waals surface area contributed by atoms with Crippen molar-refractivity contribution < 1.29 is 0 Å². The summed E-state index contributed by atoms with van der Waals surface area (Å²) in [6.07, 6.45) is 3.14. The quantitative estimate of drug-likeness (QED) is 0.576. The zero-order valence-corrected chi connectivity index (χ0v) is 8.49. The molecule has 15 heavy (non-hydrogen) atoms. The van der Waals surface area contributed by atoms with Crippen molar-refractivity contribution in [3.05, 3.63) is 46.2 Å². The van der Waals surface area contributed by atoms with Crippen LogP contribution in [-0.2, 0) is 0 Å². The zero-order chi connectivity index (χ0) is 10.3. The first kappa shape index (κ1) is 8.49. The molecule has 0 saturated heterocycles. The molecule has 2 aromatic heterocycles. The molecule has 4 heteroatoms. The molecule has 0 N–H and O–H groups in total. The van der Waals surface area contributed by atoms with Crippen LogP contribution >= 0.6 is 11.3 Å². The van der Waals surface area contributed by atoms with Gasteiger partial charge in [-0.25, -0.2) is 4.98 Å². The Morgan fingerprint density at radius 2 is 1.93 bits per heavy atom. The van der Waals surface area contributed by atoms with Crippen LogP contribution in [0.25, 0.3) is 21.1 Å². The highest BCUT2D eigenvalue weighted by molar-refractivity contribution is 7.17. The summed E-state index contributed by atoms with van der Waals surface area (Å²) < 4.78 is 0.972. The normalized spacial score (nSPS) is 10.9. The van der Waals surface area contributed by atoms with Crippen molar-refractivity contribution in [3.63, 3.8) is 0 Å². The van der Waals surface area contributed by atoms with Gasteiger partial charge in [0.15, 0.2) is 0 Å². The topological polar surface area (TPSA) is 42.9 Å². The standard InChI is InChI=1S/C11H6N2OS/c14-11-7-3-6-15-9(7)2-1-8-10(11)13-5-4-12-8/h1-6H. The van der Waals surface area contributed by atoms with E-state index in [1.165, 1.54) is 0 Å². The molecule has 0 aliphatic rings. The smallest absolute Gasteiger partial charge is 0.215 e. The van der Waals surface area contributed by atoms with Crippen LogP contribution < -0.4 is 5.43 Å². The monoisotopic (exact) mass is 214 g/mol.